The Kier molecular flexibility index (Phi) is 5.83. The number of urea groups is 1. The molecule has 4 rings (SSSR count). The summed E-state index contributed by atoms with van der Waals surface area (Å²) in [6, 6.07) is 12.5. The van der Waals surface area contributed by atoms with Crippen LogP contribution in [0.1, 0.15) is 20.9 Å². The Morgan fingerprint density at radius 2 is 1.68 bits per heavy atom. The Hall–Kier alpha value is -3.50. The lowest BCUT2D eigenvalue weighted by Crippen LogP contribution is -2.19. The highest BCUT2D eigenvalue weighted by Gasteiger charge is 2.19. The quantitative estimate of drug-likeness (QED) is 0.382. The third kappa shape index (κ3) is 4.49. The predicted molar refractivity (Wildman–Crippen MR) is 125 cm³/mol. The van der Waals surface area contributed by atoms with Gasteiger partial charge in [-0.25, -0.2) is 14.8 Å². The van der Waals surface area contributed by atoms with E-state index in [1.165, 1.54) is 18.4 Å². The van der Waals surface area contributed by atoms with Crippen LogP contribution in [0.2, 0.25) is 0 Å². The Bertz CT molecular complexity index is 1280. The van der Waals surface area contributed by atoms with Gasteiger partial charge in [0.1, 0.15) is 10.6 Å². The maximum atomic E-state index is 12.8. The highest BCUT2D eigenvalue weighted by atomic mass is 32.1. The van der Waals surface area contributed by atoms with Crippen molar-refractivity contribution >= 4 is 60.8 Å². The van der Waals surface area contributed by atoms with E-state index < -0.39 is 6.03 Å². The number of amides is 3. The molecular formula is C21H19N5O3S2. The number of nitrogens with one attached hydrogen (secondary N) is 3. The molecule has 0 spiro atoms. The minimum atomic E-state index is -0.480. The van der Waals surface area contributed by atoms with Gasteiger partial charge in [-0.2, -0.15) is 0 Å². The van der Waals surface area contributed by atoms with Gasteiger partial charge in [0.15, 0.2) is 10.3 Å². The van der Waals surface area contributed by atoms with Gasteiger partial charge >= 0.3 is 6.03 Å². The van der Waals surface area contributed by atoms with E-state index in [0.717, 1.165) is 27.1 Å². The number of methoxy groups -OCH3 is 1. The topological polar surface area (TPSA) is 105 Å². The van der Waals surface area contributed by atoms with E-state index in [1.54, 1.807) is 25.1 Å². The third-order valence-corrected chi connectivity index (χ3v) is 6.43. The number of aromatic nitrogens is 2. The van der Waals surface area contributed by atoms with Gasteiger partial charge in [0.25, 0.3) is 5.91 Å². The van der Waals surface area contributed by atoms with Gasteiger partial charge in [0.2, 0.25) is 0 Å². The first kappa shape index (κ1) is 20.8. The molecule has 2 aromatic carbocycles. The number of thiazole rings is 2. The number of hydrogen-bond donors (Lipinski definition) is 3. The zero-order valence-corrected chi connectivity index (χ0v) is 18.6. The first-order valence-electron chi connectivity index (χ1n) is 9.30. The van der Waals surface area contributed by atoms with E-state index in [0.29, 0.717) is 32.3 Å². The molecule has 4 aromatic rings. The lowest BCUT2D eigenvalue weighted by molar-refractivity contribution is 0.103. The molecule has 0 atom stereocenters. The molecule has 0 radical (unpaired) electrons. The van der Waals surface area contributed by atoms with Crippen LogP contribution in [-0.2, 0) is 0 Å². The zero-order chi connectivity index (χ0) is 22.0. The third-order valence-electron chi connectivity index (χ3n) is 4.42. The minimum absolute atomic E-state index is 0.315. The van der Waals surface area contributed by atoms with Gasteiger partial charge in [-0.3, -0.25) is 15.4 Å². The van der Waals surface area contributed by atoms with Crippen molar-refractivity contribution in [3.63, 3.8) is 0 Å². The average molecular weight is 454 g/mol. The summed E-state index contributed by atoms with van der Waals surface area (Å²) in [5.41, 5.74) is 2.97. The van der Waals surface area contributed by atoms with Crippen LogP contribution < -0.4 is 20.7 Å². The second-order valence-corrected chi connectivity index (χ2v) is 8.64. The number of ether oxygens (including phenoxy) is 1. The van der Waals surface area contributed by atoms with Gasteiger partial charge in [0.05, 0.1) is 28.7 Å². The molecule has 0 aliphatic carbocycles. The highest BCUT2D eigenvalue weighted by molar-refractivity contribution is 7.22. The molecule has 2 aromatic heterocycles. The van der Waals surface area contributed by atoms with Crippen LogP contribution in [0.3, 0.4) is 0 Å². The normalized spacial score (nSPS) is 10.7. The molecule has 158 valence electrons. The van der Waals surface area contributed by atoms with Crippen molar-refractivity contribution in [2.45, 2.75) is 13.8 Å². The van der Waals surface area contributed by atoms with Crippen molar-refractivity contribution in [2.24, 2.45) is 0 Å². The number of anilines is 3. The van der Waals surface area contributed by atoms with E-state index in [-0.39, 0.29) is 5.91 Å². The van der Waals surface area contributed by atoms with Crippen LogP contribution in [0.25, 0.3) is 10.2 Å². The standard InChI is InChI=1S/C21H19N5O3S2/c1-11-7-6-10-15-16(11)24-21(30-15)25-18(27)17-12(2)22-20(31-17)26-19(28)23-13-8-4-5-9-14(13)29-3/h4-10H,1-3H3,(H,24,25,27)(H2,22,23,26,28). The number of benzene rings is 2. The van der Waals surface area contributed by atoms with Crippen molar-refractivity contribution in [3.05, 3.63) is 58.6 Å². The molecule has 0 fully saturated rings. The van der Waals surface area contributed by atoms with Crippen LogP contribution in [0.15, 0.2) is 42.5 Å². The first-order chi connectivity index (χ1) is 14.9. The molecule has 3 N–H and O–H groups in total. The molecule has 0 bridgehead atoms. The van der Waals surface area contributed by atoms with E-state index >= 15 is 0 Å². The summed E-state index contributed by atoms with van der Waals surface area (Å²) in [5, 5.41) is 9.04. The maximum Gasteiger partial charge on any atom is 0.325 e. The van der Waals surface area contributed by atoms with E-state index in [2.05, 4.69) is 25.9 Å². The molecule has 31 heavy (non-hydrogen) atoms. The van der Waals surface area contributed by atoms with E-state index in [4.69, 9.17) is 4.74 Å². The average Bonchev–Trinajstić information content (AvgIpc) is 3.32. The molecule has 0 unspecified atom stereocenters. The summed E-state index contributed by atoms with van der Waals surface area (Å²) >= 11 is 2.51. The van der Waals surface area contributed by atoms with Crippen LogP contribution in [0.5, 0.6) is 5.75 Å². The lowest BCUT2D eigenvalue weighted by atomic mass is 10.2. The van der Waals surface area contributed by atoms with Gasteiger partial charge in [-0.05, 0) is 37.6 Å². The highest BCUT2D eigenvalue weighted by Crippen LogP contribution is 2.30. The van der Waals surface area contributed by atoms with Gasteiger partial charge < -0.3 is 10.1 Å². The fourth-order valence-electron chi connectivity index (χ4n) is 2.95. The largest absolute Gasteiger partial charge is 0.495 e. The van der Waals surface area contributed by atoms with E-state index in [1.807, 2.05) is 31.2 Å². The van der Waals surface area contributed by atoms with Crippen molar-refractivity contribution in [1.29, 1.82) is 0 Å². The monoisotopic (exact) mass is 453 g/mol. The Morgan fingerprint density at radius 1 is 0.903 bits per heavy atom. The smallest absolute Gasteiger partial charge is 0.325 e. The Balaban J connectivity index is 1.45. The Morgan fingerprint density at radius 3 is 2.45 bits per heavy atom. The summed E-state index contributed by atoms with van der Waals surface area (Å²) in [5.74, 6) is 0.226. The fraction of sp³-hybridized carbons (Fsp3) is 0.143. The van der Waals surface area contributed by atoms with Crippen LogP contribution in [0, 0.1) is 13.8 Å². The molecular weight excluding hydrogens is 434 g/mol. The number of carbonyl (C=O) groups excluding carboxylic acids is 2. The number of nitrogens with zero attached hydrogens (tertiary/aromatic N) is 2. The number of rotatable bonds is 5. The number of aryl methyl sites for hydroxylation is 2. The van der Waals surface area contributed by atoms with Gasteiger partial charge in [0, 0.05) is 0 Å². The Labute approximate surface area is 186 Å². The summed E-state index contributed by atoms with van der Waals surface area (Å²) < 4.78 is 6.23. The first-order valence-corrected chi connectivity index (χ1v) is 10.9. The molecule has 0 aliphatic rings. The molecule has 8 nitrogen and oxygen atoms in total. The predicted octanol–water partition coefficient (Wildman–Crippen LogP) is 5.27. The van der Waals surface area contributed by atoms with E-state index in [9.17, 15) is 9.59 Å². The molecule has 0 aliphatic heterocycles. The summed E-state index contributed by atoms with van der Waals surface area (Å²) in [6.45, 7) is 3.70. The molecule has 0 saturated heterocycles. The molecule has 10 heteroatoms. The number of fused-ring (bicyclic) bond motifs is 1. The number of carbonyl (C=O) groups is 2. The summed E-state index contributed by atoms with van der Waals surface area (Å²) in [6.07, 6.45) is 0. The molecule has 2 heterocycles. The lowest BCUT2D eigenvalue weighted by Gasteiger charge is -2.09. The second kappa shape index (κ2) is 8.70. The van der Waals surface area contributed by atoms with Crippen molar-refractivity contribution < 1.29 is 14.3 Å². The zero-order valence-electron chi connectivity index (χ0n) is 17.0. The maximum absolute atomic E-state index is 12.8. The SMILES string of the molecule is COc1ccccc1NC(=O)Nc1nc(C)c(C(=O)Nc2nc3c(C)cccc3s2)s1. The summed E-state index contributed by atoms with van der Waals surface area (Å²) in [7, 11) is 1.53. The van der Waals surface area contributed by atoms with Crippen molar-refractivity contribution in [1.82, 2.24) is 9.97 Å². The minimum Gasteiger partial charge on any atom is -0.495 e. The van der Waals surface area contributed by atoms with Crippen molar-refractivity contribution in [2.75, 3.05) is 23.1 Å². The number of hydrogen-bond acceptors (Lipinski definition) is 7. The van der Waals surface area contributed by atoms with Gasteiger partial charge in [-0.1, -0.05) is 46.9 Å². The van der Waals surface area contributed by atoms with Crippen LogP contribution in [0.4, 0.5) is 20.7 Å². The van der Waals surface area contributed by atoms with Crippen LogP contribution >= 0.6 is 22.7 Å². The second-order valence-electron chi connectivity index (χ2n) is 6.61. The molecule has 0 saturated carbocycles. The fourth-order valence-corrected chi connectivity index (χ4v) is 4.75. The van der Waals surface area contributed by atoms with Crippen molar-refractivity contribution in [3.8, 4) is 5.75 Å². The van der Waals surface area contributed by atoms with Gasteiger partial charge in [-0.15, -0.1) is 0 Å². The molecule has 3 amide bonds. The van der Waals surface area contributed by atoms with Crippen LogP contribution in [-0.4, -0.2) is 29.0 Å². The number of para-hydroxylation sites is 3. The summed E-state index contributed by atoms with van der Waals surface area (Å²) in [4.78, 5) is 34.3.